The summed E-state index contributed by atoms with van der Waals surface area (Å²) >= 11 is 0. The number of halogens is 1. The summed E-state index contributed by atoms with van der Waals surface area (Å²) in [5.41, 5.74) is 1.83. The van der Waals surface area contributed by atoms with Crippen LogP contribution in [-0.2, 0) is 4.79 Å². The highest BCUT2D eigenvalue weighted by Gasteiger charge is 2.37. The van der Waals surface area contributed by atoms with Crippen LogP contribution < -0.4 is 5.32 Å². The van der Waals surface area contributed by atoms with E-state index >= 15 is 0 Å². The number of carbonyl (C=O) groups excluding carboxylic acids is 2. The molecule has 0 radical (unpaired) electrons. The lowest BCUT2D eigenvalue weighted by Gasteiger charge is -2.34. The molecule has 34 heavy (non-hydrogen) atoms. The van der Waals surface area contributed by atoms with Gasteiger partial charge in [-0.15, -0.1) is 0 Å². The Hall–Kier alpha value is -2.73. The molecule has 6 heteroatoms. The maximum atomic E-state index is 13.2. The van der Waals surface area contributed by atoms with E-state index in [2.05, 4.69) is 17.3 Å². The molecule has 3 atom stereocenters. The smallest absolute Gasteiger partial charge is 0.251 e. The number of rotatable bonds is 10. The molecule has 2 amide bonds. The number of amides is 2. The molecule has 2 aromatic carbocycles. The highest BCUT2D eigenvalue weighted by molar-refractivity contribution is 5.97. The second-order valence-corrected chi connectivity index (χ2v) is 9.81. The van der Waals surface area contributed by atoms with Crippen molar-refractivity contribution in [3.63, 3.8) is 0 Å². The standard InChI is InChI=1S/C28H36FN3O2/c1-31-16-18-32(19-17-31)28(34)26(30-27(33)22-8-4-2-5-9-22)11-7-3-6-10-23-20-25(23)21-12-14-24(29)15-13-21/h2,4-5,8-9,12-15,23,25-26H,3,6-7,10-11,16-20H2,1H3,(H,30,33)/t23-,25+,26+/m1/s1. The summed E-state index contributed by atoms with van der Waals surface area (Å²) in [6.07, 6.45) is 6.08. The maximum Gasteiger partial charge on any atom is 0.251 e. The number of likely N-dealkylation sites (N-methyl/N-ethyl adjacent to an activating group) is 1. The van der Waals surface area contributed by atoms with E-state index in [1.54, 1.807) is 24.3 Å². The van der Waals surface area contributed by atoms with E-state index in [4.69, 9.17) is 0 Å². The number of piperazine rings is 1. The van der Waals surface area contributed by atoms with Gasteiger partial charge in [0.15, 0.2) is 0 Å². The Kier molecular flexibility index (Phi) is 8.33. The van der Waals surface area contributed by atoms with E-state index in [0.717, 1.165) is 38.8 Å². The van der Waals surface area contributed by atoms with Crippen LogP contribution in [0.1, 0.15) is 60.4 Å². The fourth-order valence-electron chi connectivity index (χ4n) is 4.95. The molecule has 1 saturated heterocycles. The second-order valence-electron chi connectivity index (χ2n) is 9.81. The molecule has 5 nitrogen and oxygen atoms in total. The fraction of sp³-hybridized carbons (Fsp3) is 0.500. The zero-order valence-corrected chi connectivity index (χ0v) is 20.1. The van der Waals surface area contributed by atoms with Gasteiger partial charge < -0.3 is 15.1 Å². The normalized spacial score (nSPS) is 21.2. The van der Waals surface area contributed by atoms with Crippen LogP contribution >= 0.6 is 0 Å². The molecule has 0 spiro atoms. The molecule has 0 unspecified atom stereocenters. The van der Waals surface area contributed by atoms with E-state index in [-0.39, 0.29) is 17.6 Å². The lowest BCUT2D eigenvalue weighted by atomic mass is 10.0. The van der Waals surface area contributed by atoms with Crippen molar-refractivity contribution in [2.45, 2.75) is 50.5 Å². The molecule has 4 rings (SSSR count). The van der Waals surface area contributed by atoms with Crippen LogP contribution in [0.15, 0.2) is 54.6 Å². The van der Waals surface area contributed by atoms with Gasteiger partial charge in [-0.25, -0.2) is 4.39 Å². The first-order chi connectivity index (χ1) is 16.5. The van der Waals surface area contributed by atoms with E-state index in [0.29, 0.717) is 36.9 Å². The predicted octanol–water partition coefficient (Wildman–Crippen LogP) is 4.45. The van der Waals surface area contributed by atoms with Gasteiger partial charge in [-0.05, 0) is 68.0 Å². The number of nitrogens with zero attached hydrogens (tertiary/aromatic N) is 2. The molecule has 0 aromatic heterocycles. The van der Waals surface area contributed by atoms with Crippen molar-refractivity contribution in [1.29, 1.82) is 0 Å². The monoisotopic (exact) mass is 465 g/mol. The van der Waals surface area contributed by atoms with Crippen molar-refractivity contribution in [3.05, 3.63) is 71.5 Å². The molecule has 1 saturated carbocycles. The Balaban J connectivity index is 1.25. The second kappa shape index (κ2) is 11.6. The summed E-state index contributed by atoms with van der Waals surface area (Å²) in [6, 6.07) is 15.5. The fourth-order valence-corrected chi connectivity index (χ4v) is 4.95. The molecule has 1 N–H and O–H groups in total. The van der Waals surface area contributed by atoms with Crippen molar-refractivity contribution in [2.75, 3.05) is 33.2 Å². The molecular formula is C28H36FN3O2. The van der Waals surface area contributed by atoms with Crippen molar-refractivity contribution in [1.82, 2.24) is 15.1 Å². The van der Waals surface area contributed by atoms with E-state index < -0.39 is 6.04 Å². The van der Waals surface area contributed by atoms with Crippen LogP contribution in [-0.4, -0.2) is 60.9 Å². The number of unbranched alkanes of at least 4 members (excludes halogenated alkanes) is 2. The third kappa shape index (κ3) is 6.66. The summed E-state index contributed by atoms with van der Waals surface area (Å²) in [4.78, 5) is 30.1. The lowest BCUT2D eigenvalue weighted by molar-refractivity contribution is -0.135. The Morgan fingerprint density at radius 1 is 0.971 bits per heavy atom. The third-order valence-electron chi connectivity index (χ3n) is 7.24. The van der Waals surface area contributed by atoms with E-state index in [9.17, 15) is 14.0 Å². The van der Waals surface area contributed by atoms with Crippen LogP contribution in [0, 0.1) is 11.7 Å². The van der Waals surface area contributed by atoms with Gasteiger partial charge in [0.1, 0.15) is 11.9 Å². The van der Waals surface area contributed by atoms with E-state index in [1.165, 1.54) is 12.0 Å². The number of hydrogen-bond acceptors (Lipinski definition) is 3. The van der Waals surface area contributed by atoms with Gasteiger partial charge in [-0.3, -0.25) is 9.59 Å². The summed E-state index contributed by atoms with van der Waals surface area (Å²) in [5, 5.41) is 3.01. The Morgan fingerprint density at radius 2 is 1.68 bits per heavy atom. The van der Waals surface area contributed by atoms with Gasteiger partial charge in [0.2, 0.25) is 5.91 Å². The van der Waals surface area contributed by atoms with Gasteiger partial charge in [0.25, 0.3) is 5.91 Å². The van der Waals surface area contributed by atoms with Gasteiger partial charge in [0.05, 0.1) is 0 Å². The van der Waals surface area contributed by atoms with Crippen LogP contribution in [0.4, 0.5) is 4.39 Å². The van der Waals surface area contributed by atoms with Gasteiger partial charge in [-0.1, -0.05) is 49.6 Å². The zero-order chi connectivity index (χ0) is 23.9. The molecule has 0 bridgehead atoms. The minimum Gasteiger partial charge on any atom is -0.340 e. The number of benzene rings is 2. The summed E-state index contributed by atoms with van der Waals surface area (Å²) in [6.45, 7) is 3.14. The summed E-state index contributed by atoms with van der Waals surface area (Å²) in [5.74, 6) is 0.924. The van der Waals surface area contributed by atoms with Crippen LogP contribution in [0.3, 0.4) is 0 Å². The predicted molar refractivity (Wildman–Crippen MR) is 132 cm³/mol. The maximum absolute atomic E-state index is 13.2. The van der Waals surface area contributed by atoms with Crippen LogP contribution in [0.25, 0.3) is 0 Å². The summed E-state index contributed by atoms with van der Waals surface area (Å²) in [7, 11) is 2.07. The van der Waals surface area contributed by atoms with Crippen molar-refractivity contribution < 1.29 is 14.0 Å². The first kappa shape index (κ1) is 24.4. The lowest BCUT2D eigenvalue weighted by Crippen LogP contribution is -2.54. The molecule has 1 heterocycles. The summed E-state index contributed by atoms with van der Waals surface area (Å²) < 4.78 is 13.1. The quantitative estimate of drug-likeness (QED) is 0.528. The number of carbonyl (C=O) groups is 2. The zero-order valence-electron chi connectivity index (χ0n) is 20.1. The van der Waals surface area contributed by atoms with Crippen molar-refractivity contribution in [3.8, 4) is 0 Å². The SMILES string of the molecule is CN1CCN(C(=O)[C@H](CCCCC[C@@H]2C[C@H]2c2ccc(F)cc2)NC(=O)c2ccccc2)CC1. The molecule has 2 fully saturated rings. The first-order valence-corrected chi connectivity index (χ1v) is 12.6. The molecule has 1 aliphatic heterocycles. The van der Waals surface area contributed by atoms with Gasteiger partial charge in [-0.2, -0.15) is 0 Å². The third-order valence-corrected chi connectivity index (χ3v) is 7.24. The topological polar surface area (TPSA) is 52.6 Å². The van der Waals surface area contributed by atoms with Crippen LogP contribution in [0.2, 0.25) is 0 Å². The molecule has 182 valence electrons. The number of nitrogens with one attached hydrogen (secondary N) is 1. The van der Waals surface area contributed by atoms with Crippen molar-refractivity contribution in [2.24, 2.45) is 5.92 Å². The largest absolute Gasteiger partial charge is 0.340 e. The van der Waals surface area contributed by atoms with E-state index in [1.807, 2.05) is 35.2 Å². The Morgan fingerprint density at radius 3 is 2.38 bits per heavy atom. The highest BCUT2D eigenvalue weighted by Crippen LogP contribution is 2.50. The highest BCUT2D eigenvalue weighted by atomic mass is 19.1. The average molecular weight is 466 g/mol. The van der Waals surface area contributed by atoms with Crippen LogP contribution in [0.5, 0.6) is 0 Å². The Bertz CT molecular complexity index is 942. The minimum atomic E-state index is -0.482. The minimum absolute atomic E-state index is 0.0379. The first-order valence-electron chi connectivity index (χ1n) is 12.6. The van der Waals surface area contributed by atoms with Gasteiger partial charge >= 0.3 is 0 Å². The molecule has 2 aromatic rings. The Labute approximate surface area is 202 Å². The number of hydrogen-bond donors (Lipinski definition) is 1. The molecule has 2 aliphatic rings. The molecular weight excluding hydrogens is 429 g/mol. The van der Waals surface area contributed by atoms with Crippen molar-refractivity contribution >= 4 is 11.8 Å². The average Bonchev–Trinajstić information content (AvgIpc) is 3.63. The van der Waals surface area contributed by atoms with Gasteiger partial charge in [0, 0.05) is 31.7 Å². The molecule has 1 aliphatic carbocycles.